The standard InChI is InChI=1S/C27H28FN5O2/c1-16(34)32-10-12-33(13-11-32)27(35)20-7-6-17(14-22(20)28)26-19-5-3-2-4-18(19)25-21(15-29)23(30)8-9-24(25)31-26/h6-9,14-15,29H,2-5,10-13,30H2,1H3. The van der Waals surface area contributed by atoms with Gasteiger partial charge in [0.25, 0.3) is 5.91 Å². The van der Waals surface area contributed by atoms with Crippen molar-refractivity contribution >= 4 is 34.6 Å². The van der Waals surface area contributed by atoms with Gasteiger partial charge in [-0.1, -0.05) is 6.07 Å². The lowest BCUT2D eigenvalue weighted by Crippen LogP contribution is -2.50. The maximum Gasteiger partial charge on any atom is 0.256 e. The van der Waals surface area contributed by atoms with Crippen molar-refractivity contribution in [2.45, 2.75) is 32.6 Å². The van der Waals surface area contributed by atoms with Gasteiger partial charge in [0, 0.05) is 61.5 Å². The van der Waals surface area contributed by atoms with Crippen molar-refractivity contribution < 1.29 is 14.0 Å². The Kier molecular flexibility index (Phi) is 5.96. The highest BCUT2D eigenvalue weighted by atomic mass is 19.1. The number of nitrogens with one attached hydrogen (secondary N) is 1. The Balaban J connectivity index is 1.52. The molecular weight excluding hydrogens is 445 g/mol. The first-order valence-corrected chi connectivity index (χ1v) is 12.0. The third-order valence-electron chi connectivity index (χ3n) is 7.17. The van der Waals surface area contributed by atoms with E-state index in [0.717, 1.165) is 53.4 Å². The van der Waals surface area contributed by atoms with Crippen LogP contribution in [0.4, 0.5) is 10.1 Å². The van der Waals surface area contributed by atoms with Crippen molar-refractivity contribution in [3.05, 3.63) is 58.4 Å². The zero-order valence-electron chi connectivity index (χ0n) is 19.7. The number of benzene rings is 2. The molecule has 1 fully saturated rings. The summed E-state index contributed by atoms with van der Waals surface area (Å²) in [7, 11) is 0. The fraction of sp³-hybridized carbons (Fsp3) is 0.333. The molecule has 2 heterocycles. The predicted octanol–water partition coefficient (Wildman–Crippen LogP) is 3.80. The molecule has 3 N–H and O–H groups in total. The number of carbonyl (C=O) groups excluding carboxylic acids is 2. The molecule has 0 unspecified atom stereocenters. The van der Waals surface area contributed by atoms with Gasteiger partial charge in [-0.15, -0.1) is 0 Å². The van der Waals surface area contributed by atoms with E-state index < -0.39 is 5.82 Å². The van der Waals surface area contributed by atoms with E-state index in [2.05, 4.69) is 0 Å². The van der Waals surface area contributed by atoms with Crippen LogP contribution in [-0.2, 0) is 17.6 Å². The van der Waals surface area contributed by atoms with Gasteiger partial charge < -0.3 is 20.9 Å². The van der Waals surface area contributed by atoms with Crippen molar-refractivity contribution in [3.63, 3.8) is 0 Å². The maximum atomic E-state index is 15.3. The lowest BCUT2D eigenvalue weighted by atomic mass is 9.84. The molecule has 3 aromatic rings. The number of hydrogen-bond acceptors (Lipinski definition) is 5. The zero-order valence-corrected chi connectivity index (χ0v) is 19.7. The van der Waals surface area contributed by atoms with E-state index in [1.165, 1.54) is 25.3 Å². The van der Waals surface area contributed by atoms with E-state index in [9.17, 15) is 9.59 Å². The predicted molar refractivity (Wildman–Crippen MR) is 134 cm³/mol. The van der Waals surface area contributed by atoms with Crippen molar-refractivity contribution in [2.24, 2.45) is 0 Å². The Morgan fingerprint density at radius 3 is 2.37 bits per heavy atom. The molecule has 8 heteroatoms. The molecule has 2 aliphatic rings. The van der Waals surface area contributed by atoms with Gasteiger partial charge in [-0.2, -0.15) is 0 Å². The first kappa shape index (κ1) is 23.0. The maximum absolute atomic E-state index is 15.3. The van der Waals surface area contributed by atoms with Gasteiger partial charge in [0.05, 0.1) is 16.8 Å². The smallest absolute Gasteiger partial charge is 0.256 e. The number of nitrogen functional groups attached to an aromatic ring is 1. The Labute approximate surface area is 203 Å². The van der Waals surface area contributed by atoms with Crippen molar-refractivity contribution in [2.75, 3.05) is 31.9 Å². The summed E-state index contributed by atoms with van der Waals surface area (Å²) in [6, 6.07) is 8.31. The molecule has 0 atom stereocenters. The summed E-state index contributed by atoms with van der Waals surface area (Å²) >= 11 is 0. The summed E-state index contributed by atoms with van der Waals surface area (Å²) in [6.45, 7) is 3.19. The van der Waals surface area contributed by atoms with Crippen LogP contribution in [0.25, 0.3) is 22.2 Å². The molecule has 0 spiro atoms. The number of nitrogens with zero attached hydrogens (tertiary/aromatic N) is 3. The van der Waals surface area contributed by atoms with Crippen molar-refractivity contribution in [1.82, 2.24) is 14.8 Å². The lowest BCUT2D eigenvalue weighted by Gasteiger charge is -2.34. The number of anilines is 1. The third-order valence-corrected chi connectivity index (χ3v) is 7.17. The first-order chi connectivity index (χ1) is 16.9. The molecule has 1 aliphatic carbocycles. The van der Waals surface area contributed by atoms with Gasteiger partial charge >= 0.3 is 0 Å². The largest absolute Gasteiger partial charge is 0.398 e. The van der Waals surface area contributed by atoms with Crippen LogP contribution in [0.2, 0.25) is 0 Å². The van der Waals surface area contributed by atoms with Crippen LogP contribution >= 0.6 is 0 Å². The summed E-state index contributed by atoms with van der Waals surface area (Å²) in [5, 5.41) is 8.78. The van der Waals surface area contributed by atoms with Gasteiger partial charge in [0.2, 0.25) is 5.91 Å². The van der Waals surface area contributed by atoms with E-state index in [1.54, 1.807) is 21.9 Å². The summed E-state index contributed by atoms with van der Waals surface area (Å²) in [5.41, 5.74) is 11.7. The van der Waals surface area contributed by atoms with Crippen molar-refractivity contribution in [1.29, 1.82) is 5.41 Å². The number of piperazine rings is 1. The third kappa shape index (κ3) is 4.03. The fourth-order valence-corrected chi connectivity index (χ4v) is 5.29. The second kappa shape index (κ2) is 9.09. The van der Waals surface area contributed by atoms with Gasteiger partial charge in [0.1, 0.15) is 5.82 Å². The molecule has 1 aliphatic heterocycles. The molecule has 7 nitrogen and oxygen atoms in total. The molecule has 0 radical (unpaired) electrons. The molecule has 5 rings (SSSR count). The van der Waals surface area contributed by atoms with E-state index in [1.807, 2.05) is 6.07 Å². The average Bonchev–Trinajstić information content (AvgIpc) is 2.88. The number of pyridine rings is 1. The number of nitrogens with two attached hydrogens (primary N) is 1. The molecule has 2 amide bonds. The highest BCUT2D eigenvalue weighted by molar-refractivity contribution is 6.05. The summed E-state index contributed by atoms with van der Waals surface area (Å²) in [5.74, 6) is -0.962. The van der Waals surface area contributed by atoms with Crippen LogP contribution in [-0.4, -0.2) is 59.0 Å². The first-order valence-electron chi connectivity index (χ1n) is 12.0. The molecule has 1 saturated heterocycles. The molecule has 180 valence electrons. The minimum atomic E-state index is -0.578. The number of aryl methyl sites for hydroxylation is 1. The quantitative estimate of drug-likeness (QED) is 0.446. The Hall–Kier alpha value is -3.81. The van der Waals surface area contributed by atoms with Crippen LogP contribution in [0.5, 0.6) is 0 Å². The van der Waals surface area contributed by atoms with Crippen molar-refractivity contribution in [3.8, 4) is 11.3 Å². The lowest BCUT2D eigenvalue weighted by molar-refractivity contribution is -0.130. The van der Waals surface area contributed by atoms with E-state index in [-0.39, 0.29) is 17.4 Å². The number of carbonyl (C=O) groups is 2. The average molecular weight is 474 g/mol. The highest BCUT2D eigenvalue weighted by Gasteiger charge is 2.26. The number of halogens is 1. The van der Waals surface area contributed by atoms with Gasteiger partial charge in [-0.05, 0) is 61.1 Å². The van der Waals surface area contributed by atoms with Crippen LogP contribution in [0.15, 0.2) is 30.3 Å². The molecule has 1 aromatic heterocycles. The minimum Gasteiger partial charge on any atom is -0.398 e. The van der Waals surface area contributed by atoms with Gasteiger partial charge in [0.15, 0.2) is 0 Å². The summed E-state index contributed by atoms with van der Waals surface area (Å²) in [6.07, 6.45) is 5.01. The second-order valence-electron chi connectivity index (χ2n) is 9.22. The number of rotatable bonds is 3. The molecule has 0 bridgehead atoms. The van der Waals surface area contributed by atoms with Crippen LogP contribution in [0.3, 0.4) is 0 Å². The number of aromatic nitrogens is 1. The topological polar surface area (TPSA) is 103 Å². The molecule has 2 aromatic carbocycles. The summed E-state index contributed by atoms with van der Waals surface area (Å²) in [4.78, 5) is 32.7. The van der Waals surface area contributed by atoms with E-state index >= 15 is 4.39 Å². The Morgan fingerprint density at radius 2 is 1.71 bits per heavy atom. The van der Waals surface area contributed by atoms with Gasteiger partial charge in [-0.25, -0.2) is 9.37 Å². The normalized spacial score (nSPS) is 15.7. The van der Waals surface area contributed by atoms with Gasteiger partial charge in [-0.3, -0.25) is 9.59 Å². The second-order valence-corrected chi connectivity index (χ2v) is 9.22. The highest BCUT2D eigenvalue weighted by Crippen LogP contribution is 2.37. The van der Waals surface area contributed by atoms with E-state index in [0.29, 0.717) is 43.0 Å². The molecule has 35 heavy (non-hydrogen) atoms. The monoisotopic (exact) mass is 473 g/mol. The fourth-order valence-electron chi connectivity index (χ4n) is 5.29. The number of amides is 2. The Morgan fingerprint density at radius 1 is 1.03 bits per heavy atom. The van der Waals surface area contributed by atoms with Crippen LogP contribution in [0, 0.1) is 11.2 Å². The number of fused-ring (bicyclic) bond motifs is 3. The molecule has 0 saturated carbocycles. The Bertz CT molecular complexity index is 1360. The zero-order chi connectivity index (χ0) is 24.7. The number of hydrogen-bond donors (Lipinski definition) is 2. The van der Waals surface area contributed by atoms with Crippen LogP contribution < -0.4 is 5.73 Å². The van der Waals surface area contributed by atoms with Crippen LogP contribution in [0.1, 0.15) is 46.8 Å². The molecular formula is C27H28FN5O2. The van der Waals surface area contributed by atoms with E-state index in [4.69, 9.17) is 16.1 Å². The SMILES string of the molecule is CC(=O)N1CCN(C(=O)c2ccc(-c3nc4ccc(N)c(C=N)c4c4c3CCCC4)cc2F)CC1. The minimum absolute atomic E-state index is 0.0192. The summed E-state index contributed by atoms with van der Waals surface area (Å²) < 4.78 is 15.3.